The van der Waals surface area contributed by atoms with Gasteiger partial charge in [0.2, 0.25) is 5.95 Å². The largest absolute Gasteiger partial charge is 0.371 e. The van der Waals surface area contributed by atoms with Gasteiger partial charge < -0.3 is 14.8 Å². The molecule has 0 saturated carbocycles. The highest BCUT2D eigenvalue weighted by molar-refractivity contribution is 6.29. The topological polar surface area (TPSA) is 67.8 Å². The maximum atomic E-state index is 13.2. The second-order valence-electron chi connectivity index (χ2n) is 7.79. The van der Waals surface area contributed by atoms with E-state index in [-0.39, 0.29) is 24.1 Å². The molecule has 2 aromatic carbocycles. The summed E-state index contributed by atoms with van der Waals surface area (Å²) in [6.07, 6.45) is 0. The van der Waals surface area contributed by atoms with Gasteiger partial charge in [0, 0.05) is 37.6 Å². The molecule has 1 amide bonds. The van der Waals surface area contributed by atoms with Crippen LogP contribution in [-0.2, 0) is 4.79 Å². The molecule has 0 aliphatic carbocycles. The van der Waals surface area contributed by atoms with E-state index in [9.17, 15) is 9.18 Å². The van der Waals surface area contributed by atoms with Crippen molar-refractivity contribution >= 4 is 46.7 Å². The van der Waals surface area contributed by atoms with Crippen LogP contribution in [-0.4, -0.2) is 52.7 Å². The lowest BCUT2D eigenvalue weighted by Crippen LogP contribution is -2.46. The van der Waals surface area contributed by atoms with E-state index in [1.807, 2.05) is 38.1 Å². The molecule has 0 atom stereocenters. The third-order valence-electron chi connectivity index (χ3n) is 5.90. The minimum atomic E-state index is -0.230. The molecular weight excluding hydrogens is 431 g/mol. The fourth-order valence-corrected chi connectivity index (χ4v) is 4.22. The number of hydrogen-bond donors (Lipinski definition) is 1. The van der Waals surface area contributed by atoms with Crippen LogP contribution in [0.15, 0.2) is 64.9 Å². The fraction of sp³-hybridized carbons (Fsp3) is 0.261. The number of aromatic amines is 1. The molecule has 166 valence electrons. The molecule has 7 nitrogen and oxygen atoms in total. The Morgan fingerprint density at radius 3 is 2.41 bits per heavy atom. The predicted octanol–water partition coefficient (Wildman–Crippen LogP) is 3.94. The Morgan fingerprint density at radius 2 is 1.72 bits per heavy atom. The minimum absolute atomic E-state index is 0. The van der Waals surface area contributed by atoms with Gasteiger partial charge in [-0.15, -0.1) is 12.4 Å². The number of rotatable bonds is 3. The average Bonchev–Trinajstić information content (AvgIpc) is 3.34. The smallest absolute Gasteiger partial charge is 0.285 e. The first-order chi connectivity index (χ1) is 15.0. The number of nitrogens with one attached hydrogen (secondary N) is 1. The Morgan fingerprint density at radius 1 is 1.03 bits per heavy atom. The summed E-state index contributed by atoms with van der Waals surface area (Å²) in [6, 6.07) is 14.2. The summed E-state index contributed by atoms with van der Waals surface area (Å²) in [5, 5.41) is 5.83. The van der Waals surface area contributed by atoms with E-state index in [1.165, 1.54) is 17.1 Å². The molecule has 9 heteroatoms. The summed E-state index contributed by atoms with van der Waals surface area (Å²) in [5.41, 5.74) is 4.90. The molecule has 2 aliphatic heterocycles. The maximum Gasteiger partial charge on any atom is 0.285 e. The molecule has 2 aliphatic rings. The first-order valence-corrected chi connectivity index (χ1v) is 10.3. The number of fused-ring (bicyclic) bond motifs is 1. The van der Waals surface area contributed by atoms with Crippen LogP contribution in [0.1, 0.15) is 13.8 Å². The van der Waals surface area contributed by atoms with Gasteiger partial charge in [0.15, 0.2) is 0 Å². The SMILES string of the molecule is CC1=NN(c2nc3ccccc3[nH]2)C(=O)C1=C(C)N1CCN(c2ccc(F)cc2)CC1.Cl. The van der Waals surface area contributed by atoms with Crippen LogP contribution in [0.25, 0.3) is 11.0 Å². The summed E-state index contributed by atoms with van der Waals surface area (Å²) < 4.78 is 13.2. The normalized spacial score (nSPS) is 18.2. The number of hydrogen-bond acceptors (Lipinski definition) is 5. The van der Waals surface area contributed by atoms with Crippen LogP contribution in [0.3, 0.4) is 0 Å². The van der Waals surface area contributed by atoms with Crippen molar-refractivity contribution in [2.75, 3.05) is 36.1 Å². The zero-order valence-electron chi connectivity index (χ0n) is 17.9. The monoisotopic (exact) mass is 454 g/mol. The summed E-state index contributed by atoms with van der Waals surface area (Å²) in [4.78, 5) is 25.3. The molecule has 1 aromatic heterocycles. The highest BCUT2D eigenvalue weighted by Gasteiger charge is 2.34. The van der Waals surface area contributed by atoms with Crippen LogP contribution in [0, 0.1) is 5.82 Å². The van der Waals surface area contributed by atoms with Gasteiger partial charge in [0.1, 0.15) is 5.82 Å². The minimum Gasteiger partial charge on any atom is -0.371 e. The number of carbonyl (C=O) groups excluding carboxylic acids is 1. The van der Waals surface area contributed by atoms with Gasteiger partial charge in [-0.05, 0) is 50.2 Å². The molecule has 3 aromatic rings. The molecule has 0 unspecified atom stereocenters. The van der Waals surface area contributed by atoms with Crippen molar-refractivity contribution in [3.8, 4) is 0 Å². The van der Waals surface area contributed by atoms with Gasteiger partial charge in [0.25, 0.3) is 5.91 Å². The number of benzene rings is 2. The lowest BCUT2D eigenvalue weighted by atomic mass is 10.1. The number of H-pyrrole nitrogens is 1. The second kappa shape index (κ2) is 8.63. The molecule has 0 radical (unpaired) electrons. The van der Waals surface area contributed by atoms with E-state index in [1.54, 1.807) is 12.1 Å². The van der Waals surface area contributed by atoms with E-state index in [2.05, 4.69) is 24.9 Å². The summed E-state index contributed by atoms with van der Waals surface area (Å²) in [5.74, 6) is 0.0241. The molecular formula is C23H24ClFN6O. The van der Waals surface area contributed by atoms with Crippen molar-refractivity contribution < 1.29 is 9.18 Å². The van der Waals surface area contributed by atoms with Gasteiger partial charge in [0.05, 0.1) is 22.3 Å². The van der Waals surface area contributed by atoms with Gasteiger partial charge in [-0.1, -0.05) is 12.1 Å². The quantitative estimate of drug-likeness (QED) is 0.609. The zero-order valence-corrected chi connectivity index (χ0v) is 18.7. The van der Waals surface area contributed by atoms with E-state index < -0.39 is 0 Å². The Kier molecular flexibility index (Phi) is 5.88. The highest BCUT2D eigenvalue weighted by atomic mass is 35.5. The summed E-state index contributed by atoms with van der Waals surface area (Å²) in [6.45, 7) is 6.98. The molecule has 32 heavy (non-hydrogen) atoms. The number of amides is 1. The number of allylic oxidation sites excluding steroid dienone is 1. The van der Waals surface area contributed by atoms with Gasteiger partial charge in [-0.3, -0.25) is 4.79 Å². The number of hydrazone groups is 1. The van der Waals surface area contributed by atoms with Crippen molar-refractivity contribution in [1.29, 1.82) is 0 Å². The van der Waals surface area contributed by atoms with Gasteiger partial charge in [-0.25, -0.2) is 9.37 Å². The molecule has 1 saturated heterocycles. The lowest BCUT2D eigenvalue weighted by molar-refractivity contribution is -0.114. The molecule has 1 fully saturated rings. The summed E-state index contributed by atoms with van der Waals surface area (Å²) >= 11 is 0. The lowest BCUT2D eigenvalue weighted by Gasteiger charge is -2.38. The van der Waals surface area contributed by atoms with Crippen molar-refractivity contribution in [2.24, 2.45) is 5.10 Å². The fourth-order valence-electron chi connectivity index (χ4n) is 4.22. The molecule has 3 heterocycles. The number of halogens is 2. The third kappa shape index (κ3) is 3.82. The number of nitrogens with zero attached hydrogens (tertiary/aromatic N) is 5. The predicted molar refractivity (Wildman–Crippen MR) is 127 cm³/mol. The number of anilines is 2. The number of aromatic nitrogens is 2. The third-order valence-corrected chi connectivity index (χ3v) is 5.90. The van der Waals surface area contributed by atoms with Crippen LogP contribution < -0.4 is 9.91 Å². The van der Waals surface area contributed by atoms with Crippen molar-refractivity contribution in [1.82, 2.24) is 14.9 Å². The molecule has 0 spiro atoms. The zero-order chi connectivity index (χ0) is 21.5. The van der Waals surface area contributed by atoms with Crippen molar-refractivity contribution in [2.45, 2.75) is 13.8 Å². The van der Waals surface area contributed by atoms with Crippen LogP contribution in [0.5, 0.6) is 0 Å². The molecule has 1 N–H and O–H groups in total. The number of carbonyl (C=O) groups is 1. The average molecular weight is 455 g/mol. The first-order valence-electron chi connectivity index (χ1n) is 10.3. The number of imidazole rings is 1. The van der Waals surface area contributed by atoms with E-state index in [0.717, 1.165) is 48.6 Å². The Hall–Kier alpha value is -3.39. The maximum absolute atomic E-state index is 13.2. The van der Waals surface area contributed by atoms with Crippen LogP contribution in [0.2, 0.25) is 0 Å². The van der Waals surface area contributed by atoms with Crippen LogP contribution >= 0.6 is 12.4 Å². The highest BCUT2D eigenvalue weighted by Crippen LogP contribution is 2.27. The second-order valence-corrected chi connectivity index (χ2v) is 7.79. The first kappa shape index (κ1) is 21.8. The van der Waals surface area contributed by atoms with Gasteiger partial charge >= 0.3 is 0 Å². The van der Waals surface area contributed by atoms with Gasteiger partial charge in [-0.2, -0.15) is 10.1 Å². The standard InChI is InChI=1S/C23H23FN6O.ClH/c1-15-21(22(31)30(27-15)23-25-19-5-3-4-6-20(19)26-23)16(2)28-11-13-29(14-12-28)18-9-7-17(24)8-10-18;/h3-10H,11-14H2,1-2H3,(H,25,26);1H. The Bertz CT molecular complexity index is 1180. The summed E-state index contributed by atoms with van der Waals surface area (Å²) in [7, 11) is 0. The van der Waals surface area contributed by atoms with E-state index in [4.69, 9.17) is 0 Å². The Balaban J connectivity index is 0.00000245. The van der Waals surface area contributed by atoms with Crippen LogP contribution in [0.4, 0.5) is 16.0 Å². The molecule has 0 bridgehead atoms. The molecule has 5 rings (SSSR count). The van der Waals surface area contributed by atoms with Crippen molar-refractivity contribution in [3.05, 3.63) is 65.6 Å². The Labute approximate surface area is 191 Å². The van der Waals surface area contributed by atoms with E-state index in [0.29, 0.717) is 17.2 Å². The van der Waals surface area contributed by atoms with E-state index >= 15 is 0 Å². The number of piperazine rings is 1. The number of para-hydroxylation sites is 2. The van der Waals surface area contributed by atoms with Crippen molar-refractivity contribution in [3.63, 3.8) is 0 Å².